The molecule has 0 saturated carbocycles. The number of rotatable bonds is 3. The molecule has 1 aromatic heterocycles. The molecule has 1 heterocycles. The van der Waals surface area contributed by atoms with Crippen LogP contribution < -0.4 is 10.6 Å². The fraction of sp³-hybridized carbons (Fsp3) is 0.429. The quantitative estimate of drug-likeness (QED) is 0.729. The predicted molar refractivity (Wildman–Crippen MR) is 53.0 cm³/mol. The summed E-state index contributed by atoms with van der Waals surface area (Å²) < 4.78 is 1.63. The number of aryl methyl sites for hydroxylation is 1. The van der Waals surface area contributed by atoms with Gasteiger partial charge in [0.15, 0.2) is 0 Å². The average molecular weight is 205 g/mol. The maximum atomic E-state index is 11.0. The van der Waals surface area contributed by atoms with Crippen LogP contribution in [0.25, 0.3) is 0 Å². The number of likely N-dealkylation sites (N-methyl/N-ethyl adjacent to an activating group) is 1. The van der Waals surface area contributed by atoms with Crippen LogP contribution in [0.5, 0.6) is 0 Å². The number of carbonyl (C=O) groups is 1. The molecular formula is C7H13ClN4O. The van der Waals surface area contributed by atoms with E-state index in [9.17, 15) is 4.79 Å². The number of nitrogens with one attached hydrogen (secondary N) is 2. The Morgan fingerprint density at radius 2 is 2.38 bits per heavy atom. The van der Waals surface area contributed by atoms with E-state index in [1.54, 1.807) is 31.2 Å². The number of amides is 1. The predicted octanol–water partition coefficient (Wildman–Crippen LogP) is -0.000200. The van der Waals surface area contributed by atoms with Crippen molar-refractivity contribution in [3.05, 3.63) is 12.4 Å². The Bertz CT molecular complexity index is 273. The summed E-state index contributed by atoms with van der Waals surface area (Å²) in [6.45, 7) is 0.314. The Labute approximate surface area is 82.9 Å². The second-order valence-electron chi connectivity index (χ2n) is 2.48. The van der Waals surface area contributed by atoms with E-state index in [0.717, 1.165) is 5.69 Å². The smallest absolute Gasteiger partial charge is 0.238 e. The number of hydrogen-bond acceptors (Lipinski definition) is 3. The molecule has 1 amide bonds. The third kappa shape index (κ3) is 3.91. The van der Waals surface area contributed by atoms with Gasteiger partial charge in [-0.1, -0.05) is 0 Å². The minimum absolute atomic E-state index is 0. The van der Waals surface area contributed by atoms with Crippen molar-refractivity contribution >= 4 is 24.0 Å². The molecule has 74 valence electrons. The standard InChI is InChI=1S/C7H12N4O.ClH/c1-8-4-7(12)10-6-3-9-11(2)5-6;/h3,5,8H,4H2,1-2H3,(H,10,12);1H. The molecule has 0 unspecified atom stereocenters. The number of carbonyl (C=O) groups excluding carboxylic acids is 1. The Morgan fingerprint density at radius 3 is 2.85 bits per heavy atom. The fourth-order valence-electron chi connectivity index (χ4n) is 0.852. The molecule has 6 heteroatoms. The van der Waals surface area contributed by atoms with Crippen molar-refractivity contribution in [2.24, 2.45) is 7.05 Å². The molecule has 0 fully saturated rings. The van der Waals surface area contributed by atoms with Crippen LogP contribution in [-0.2, 0) is 11.8 Å². The summed E-state index contributed by atoms with van der Waals surface area (Å²) in [5.74, 6) is -0.0644. The highest BCUT2D eigenvalue weighted by molar-refractivity contribution is 5.91. The summed E-state index contributed by atoms with van der Waals surface area (Å²) in [5, 5.41) is 9.35. The molecule has 0 bridgehead atoms. The van der Waals surface area contributed by atoms with Gasteiger partial charge in [-0.25, -0.2) is 0 Å². The Hall–Kier alpha value is -1.07. The van der Waals surface area contributed by atoms with Gasteiger partial charge in [-0.3, -0.25) is 9.48 Å². The SMILES string of the molecule is CNCC(=O)Nc1cnn(C)c1.Cl. The van der Waals surface area contributed by atoms with Gasteiger partial charge in [0.1, 0.15) is 0 Å². The van der Waals surface area contributed by atoms with Gasteiger partial charge in [-0.2, -0.15) is 5.10 Å². The zero-order valence-electron chi connectivity index (χ0n) is 7.57. The lowest BCUT2D eigenvalue weighted by molar-refractivity contribution is -0.115. The topological polar surface area (TPSA) is 59.0 Å². The van der Waals surface area contributed by atoms with E-state index >= 15 is 0 Å². The van der Waals surface area contributed by atoms with Crippen molar-refractivity contribution in [1.82, 2.24) is 15.1 Å². The van der Waals surface area contributed by atoms with Crippen LogP contribution in [0, 0.1) is 0 Å². The second-order valence-corrected chi connectivity index (χ2v) is 2.48. The van der Waals surface area contributed by atoms with Crippen LogP contribution in [0.3, 0.4) is 0 Å². The Morgan fingerprint density at radius 1 is 1.69 bits per heavy atom. The van der Waals surface area contributed by atoms with Crippen LogP contribution >= 0.6 is 12.4 Å². The van der Waals surface area contributed by atoms with Gasteiger partial charge in [0.25, 0.3) is 0 Å². The van der Waals surface area contributed by atoms with E-state index < -0.39 is 0 Å². The van der Waals surface area contributed by atoms with Crippen molar-refractivity contribution in [3.63, 3.8) is 0 Å². The fourth-order valence-corrected chi connectivity index (χ4v) is 0.852. The molecule has 13 heavy (non-hydrogen) atoms. The van der Waals surface area contributed by atoms with Crippen molar-refractivity contribution < 1.29 is 4.79 Å². The first kappa shape index (κ1) is 11.9. The van der Waals surface area contributed by atoms with E-state index in [4.69, 9.17) is 0 Å². The molecule has 0 saturated heterocycles. The molecule has 1 aromatic rings. The monoisotopic (exact) mass is 204 g/mol. The summed E-state index contributed by atoms with van der Waals surface area (Å²) in [4.78, 5) is 11.0. The third-order valence-corrected chi connectivity index (χ3v) is 1.33. The normalized spacial score (nSPS) is 9.08. The van der Waals surface area contributed by atoms with Crippen molar-refractivity contribution in [3.8, 4) is 0 Å². The van der Waals surface area contributed by atoms with E-state index in [2.05, 4.69) is 15.7 Å². The largest absolute Gasteiger partial charge is 0.322 e. The Kier molecular flexibility index (Phi) is 5.10. The molecule has 5 nitrogen and oxygen atoms in total. The van der Waals surface area contributed by atoms with Crippen LogP contribution in [0.15, 0.2) is 12.4 Å². The summed E-state index contributed by atoms with van der Waals surface area (Å²) in [5.41, 5.74) is 0.720. The Balaban J connectivity index is 0.00000144. The molecule has 2 N–H and O–H groups in total. The molecule has 0 aliphatic carbocycles. The number of hydrogen-bond donors (Lipinski definition) is 2. The summed E-state index contributed by atoms with van der Waals surface area (Å²) in [6, 6.07) is 0. The minimum atomic E-state index is -0.0644. The first-order valence-electron chi connectivity index (χ1n) is 3.65. The molecule has 0 aliphatic rings. The van der Waals surface area contributed by atoms with Crippen LogP contribution in [0.4, 0.5) is 5.69 Å². The number of halogens is 1. The molecule has 0 atom stereocenters. The van der Waals surface area contributed by atoms with Crippen molar-refractivity contribution in [2.75, 3.05) is 18.9 Å². The zero-order chi connectivity index (χ0) is 8.97. The number of anilines is 1. The second kappa shape index (κ2) is 5.55. The van der Waals surface area contributed by atoms with Crippen molar-refractivity contribution in [2.45, 2.75) is 0 Å². The van der Waals surface area contributed by atoms with E-state index in [-0.39, 0.29) is 18.3 Å². The highest BCUT2D eigenvalue weighted by Crippen LogP contribution is 2.01. The lowest BCUT2D eigenvalue weighted by atomic mass is 10.5. The molecule has 0 spiro atoms. The third-order valence-electron chi connectivity index (χ3n) is 1.33. The van der Waals surface area contributed by atoms with Crippen molar-refractivity contribution in [1.29, 1.82) is 0 Å². The highest BCUT2D eigenvalue weighted by Gasteiger charge is 2.00. The highest BCUT2D eigenvalue weighted by atomic mass is 35.5. The van der Waals surface area contributed by atoms with Gasteiger partial charge in [-0.15, -0.1) is 12.4 Å². The average Bonchev–Trinajstić information content (AvgIpc) is 2.36. The first-order chi connectivity index (χ1) is 5.72. The molecule has 0 aliphatic heterocycles. The van der Waals surface area contributed by atoms with Gasteiger partial charge in [0.05, 0.1) is 18.4 Å². The molecule has 1 rings (SSSR count). The summed E-state index contributed by atoms with van der Waals surface area (Å²) >= 11 is 0. The minimum Gasteiger partial charge on any atom is -0.322 e. The summed E-state index contributed by atoms with van der Waals surface area (Å²) in [6.07, 6.45) is 3.35. The number of aromatic nitrogens is 2. The van der Waals surface area contributed by atoms with Crippen LogP contribution in [0.2, 0.25) is 0 Å². The zero-order valence-corrected chi connectivity index (χ0v) is 8.39. The van der Waals surface area contributed by atoms with Gasteiger partial charge in [0.2, 0.25) is 5.91 Å². The molecule has 0 aromatic carbocycles. The number of nitrogens with zero attached hydrogens (tertiary/aromatic N) is 2. The maximum Gasteiger partial charge on any atom is 0.238 e. The first-order valence-corrected chi connectivity index (χ1v) is 3.65. The lowest BCUT2D eigenvalue weighted by Crippen LogP contribution is -2.24. The lowest BCUT2D eigenvalue weighted by Gasteiger charge is -1.99. The molecule has 0 radical (unpaired) electrons. The van der Waals surface area contributed by atoms with E-state index in [0.29, 0.717) is 6.54 Å². The van der Waals surface area contributed by atoms with Crippen LogP contribution in [0.1, 0.15) is 0 Å². The van der Waals surface area contributed by atoms with Gasteiger partial charge >= 0.3 is 0 Å². The van der Waals surface area contributed by atoms with E-state index in [1.165, 1.54) is 0 Å². The molecular weight excluding hydrogens is 192 g/mol. The van der Waals surface area contributed by atoms with Gasteiger partial charge in [-0.05, 0) is 7.05 Å². The van der Waals surface area contributed by atoms with Crippen LogP contribution in [-0.4, -0.2) is 29.3 Å². The maximum absolute atomic E-state index is 11.0. The van der Waals surface area contributed by atoms with Gasteiger partial charge < -0.3 is 10.6 Å². The van der Waals surface area contributed by atoms with E-state index in [1.807, 2.05) is 0 Å². The summed E-state index contributed by atoms with van der Waals surface area (Å²) in [7, 11) is 3.52. The van der Waals surface area contributed by atoms with Gasteiger partial charge in [0, 0.05) is 13.2 Å².